The molecule has 2 aromatic rings. The lowest BCUT2D eigenvalue weighted by molar-refractivity contribution is 0.170. The molecular formula is C16H22N4O2. The second-order valence-corrected chi connectivity index (χ2v) is 5.80. The van der Waals surface area contributed by atoms with Crippen molar-refractivity contribution in [1.82, 2.24) is 15.0 Å². The zero-order chi connectivity index (χ0) is 15.5. The van der Waals surface area contributed by atoms with Gasteiger partial charge in [0.25, 0.3) is 0 Å². The highest BCUT2D eigenvalue weighted by Gasteiger charge is 2.24. The lowest BCUT2D eigenvalue weighted by atomic mass is 10.1. The molecule has 1 aliphatic rings. The van der Waals surface area contributed by atoms with Crippen LogP contribution >= 0.6 is 0 Å². The van der Waals surface area contributed by atoms with Crippen LogP contribution in [-0.2, 0) is 24.4 Å². The van der Waals surface area contributed by atoms with E-state index < -0.39 is 0 Å². The van der Waals surface area contributed by atoms with Gasteiger partial charge in [-0.3, -0.25) is 4.90 Å². The van der Waals surface area contributed by atoms with Crippen molar-refractivity contribution in [1.29, 1.82) is 0 Å². The first-order valence-electron chi connectivity index (χ1n) is 7.51. The van der Waals surface area contributed by atoms with Crippen LogP contribution in [0.2, 0.25) is 0 Å². The van der Waals surface area contributed by atoms with Crippen LogP contribution < -0.4 is 4.90 Å². The van der Waals surface area contributed by atoms with Gasteiger partial charge in [0.05, 0.1) is 6.54 Å². The normalized spacial score (nSPS) is 19.0. The highest BCUT2D eigenvalue weighted by Crippen LogP contribution is 2.26. The monoisotopic (exact) mass is 302 g/mol. The number of fused-ring (bicyclic) bond motifs is 1. The summed E-state index contributed by atoms with van der Waals surface area (Å²) in [6.07, 6.45) is 0. The fourth-order valence-corrected chi connectivity index (χ4v) is 2.93. The summed E-state index contributed by atoms with van der Waals surface area (Å²) >= 11 is 0. The molecule has 1 aromatic heterocycles. The van der Waals surface area contributed by atoms with E-state index in [1.54, 1.807) is 7.11 Å². The van der Waals surface area contributed by atoms with E-state index in [0.717, 1.165) is 13.1 Å². The molecule has 0 N–H and O–H groups in total. The number of para-hydroxylation sites is 1. The molecule has 0 radical (unpaired) electrons. The molecule has 0 saturated heterocycles. The Morgan fingerprint density at radius 2 is 2.18 bits per heavy atom. The first kappa shape index (κ1) is 15.0. The van der Waals surface area contributed by atoms with Crippen LogP contribution in [0.4, 0.5) is 5.69 Å². The average Bonchev–Trinajstić information content (AvgIpc) is 2.90. The second kappa shape index (κ2) is 6.46. The Morgan fingerprint density at radius 1 is 1.36 bits per heavy atom. The van der Waals surface area contributed by atoms with Gasteiger partial charge in [0.1, 0.15) is 6.61 Å². The smallest absolute Gasteiger partial charge is 0.240 e. The van der Waals surface area contributed by atoms with E-state index in [9.17, 15) is 0 Å². The summed E-state index contributed by atoms with van der Waals surface area (Å²) < 4.78 is 10.4. The maximum absolute atomic E-state index is 5.33. The number of hydrogen-bond acceptors (Lipinski definition) is 6. The zero-order valence-corrected chi connectivity index (χ0v) is 13.3. The molecule has 3 rings (SSSR count). The lowest BCUT2D eigenvalue weighted by Crippen LogP contribution is -2.37. The summed E-state index contributed by atoms with van der Waals surface area (Å²) in [5.74, 6) is 1.23. The van der Waals surface area contributed by atoms with Gasteiger partial charge in [0, 0.05) is 39.0 Å². The third-order valence-corrected chi connectivity index (χ3v) is 4.06. The van der Waals surface area contributed by atoms with E-state index >= 15 is 0 Å². The molecule has 0 amide bonds. The van der Waals surface area contributed by atoms with Gasteiger partial charge in [-0.2, -0.15) is 4.98 Å². The van der Waals surface area contributed by atoms with E-state index in [1.165, 1.54) is 11.3 Å². The van der Waals surface area contributed by atoms with E-state index in [-0.39, 0.29) is 0 Å². The summed E-state index contributed by atoms with van der Waals surface area (Å²) in [7, 11) is 3.77. The summed E-state index contributed by atoms with van der Waals surface area (Å²) in [6.45, 7) is 5.11. The first-order valence-corrected chi connectivity index (χ1v) is 7.51. The summed E-state index contributed by atoms with van der Waals surface area (Å²) in [5, 5.41) is 3.93. The van der Waals surface area contributed by atoms with Gasteiger partial charge in [0.15, 0.2) is 5.82 Å². The fraction of sp³-hybridized carbons (Fsp3) is 0.500. The van der Waals surface area contributed by atoms with Gasteiger partial charge < -0.3 is 14.2 Å². The molecule has 2 heterocycles. The van der Waals surface area contributed by atoms with Crippen molar-refractivity contribution in [3.63, 3.8) is 0 Å². The van der Waals surface area contributed by atoms with E-state index in [0.29, 0.717) is 30.9 Å². The third kappa shape index (κ3) is 3.13. The molecule has 1 atom stereocenters. The van der Waals surface area contributed by atoms with Crippen molar-refractivity contribution < 1.29 is 9.26 Å². The van der Waals surface area contributed by atoms with Crippen molar-refractivity contribution >= 4 is 5.69 Å². The highest BCUT2D eigenvalue weighted by atomic mass is 16.5. The lowest BCUT2D eigenvalue weighted by Gasteiger charge is -2.26. The molecule has 0 unspecified atom stereocenters. The van der Waals surface area contributed by atoms with Crippen LogP contribution in [0.5, 0.6) is 0 Å². The molecule has 22 heavy (non-hydrogen) atoms. The number of ether oxygens (including phenoxy) is 1. The van der Waals surface area contributed by atoms with Crippen LogP contribution in [0.25, 0.3) is 0 Å². The third-order valence-electron chi connectivity index (χ3n) is 4.06. The van der Waals surface area contributed by atoms with Crippen molar-refractivity contribution in [2.45, 2.75) is 32.7 Å². The maximum atomic E-state index is 5.33. The molecule has 1 aliphatic heterocycles. The van der Waals surface area contributed by atoms with Gasteiger partial charge in [0.2, 0.25) is 5.89 Å². The van der Waals surface area contributed by atoms with E-state index in [2.05, 4.69) is 58.2 Å². The fourth-order valence-electron chi connectivity index (χ4n) is 2.93. The number of likely N-dealkylation sites (N-methyl/N-ethyl adjacent to an activating group) is 1. The Balaban J connectivity index is 1.78. The van der Waals surface area contributed by atoms with Gasteiger partial charge in [-0.1, -0.05) is 23.4 Å². The van der Waals surface area contributed by atoms with Crippen LogP contribution in [0.3, 0.4) is 0 Å². The van der Waals surface area contributed by atoms with Crippen LogP contribution in [-0.4, -0.2) is 41.8 Å². The topological polar surface area (TPSA) is 54.6 Å². The molecule has 0 bridgehead atoms. The zero-order valence-electron chi connectivity index (χ0n) is 13.3. The van der Waals surface area contributed by atoms with Gasteiger partial charge in [-0.15, -0.1) is 0 Å². The van der Waals surface area contributed by atoms with Crippen molar-refractivity contribution in [2.24, 2.45) is 0 Å². The minimum Gasteiger partial charge on any atom is -0.377 e. The van der Waals surface area contributed by atoms with Crippen LogP contribution in [0.1, 0.15) is 24.2 Å². The number of methoxy groups -OCH3 is 1. The number of rotatable bonds is 4. The van der Waals surface area contributed by atoms with Crippen LogP contribution in [0.15, 0.2) is 28.8 Å². The molecule has 6 nitrogen and oxygen atoms in total. The summed E-state index contributed by atoms with van der Waals surface area (Å²) in [6, 6.07) is 8.93. The number of hydrogen-bond donors (Lipinski definition) is 0. The molecule has 0 fully saturated rings. The first-order chi connectivity index (χ1) is 10.7. The Morgan fingerprint density at radius 3 is 3.00 bits per heavy atom. The number of anilines is 1. The second-order valence-electron chi connectivity index (χ2n) is 5.80. The quantitative estimate of drug-likeness (QED) is 0.861. The molecule has 0 spiro atoms. The van der Waals surface area contributed by atoms with Gasteiger partial charge >= 0.3 is 0 Å². The molecular weight excluding hydrogens is 280 g/mol. The Labute approximate surface area is 130 Å². The minimum atomic E-state index is 0.380. The Hall–Kier alpha value is -1.92. The van der Waals surface area contributed by atoms with Gasteiger partial charge in [-0.05, 0) is 18.6 Å². The van der Waals surface area contributed by atoms with E-state index in [1.807, 2.05) is 0 Å². The Bertz CT molecular complexity index is 628. The Kier molecular flexibility index (Phi) is 4.40. The van der Waals surface area contributed by atoms with Crippen molar-refractivity contribution in [3.8, 4) is 0 Å². The maximum Gasteiger partial charge on any atom is 0.240 e. The average molecular weight is 302 g/mol. The molecule has 1 aromatic carbocycles. The van der Waals surface area contributed by atoms with Gasteiger partial charge in [-0.25, -0.2) is 0 Å². The largest absolute Gasteiger partial charge is 0.377 e. The predicted molar refractivity (Wildman–Crippen MR) is 83.4 cm³/mol. The minimum absolute atomic E-state index is 0.380. The standard InChI is InChI=1S/C16H22N4O2/c1-12-8-19(2)14-7-5-4-6-13(14)9-20(12)10-16-17-15(11-21-3)18-22-16/h4-7,12H,8-11H2,1-3H3/t12-/m1/s1. The molecule has 0 aliphatic carbocycles. The number of nitrogens with zero attached hydrogens (tertiary/aromatic N) is 4. The SMILES string of the molecule is COCc1noc(CN2Cc3ccccc3N(C)C[C@H]2C)n1. The highest BCUT2D eigenvalue weighted by molar-refractivity contribution is 5.53. The van der Waals surface area contributed by atoms with Crippen molar-refractivity contribution in [2.75, 3.05) is 25.6 Å². The van der Waals surface area contributed by atoms with Crippen LogP contribution in [0, 0.1) is 0 Å². The number of aromatic nitrogens is 2. The number of benzene rings is 1. The molecule has 118 valence electrons. The van der Waals surface area contributed by atoms with E-state index in [4.69, 9.17) is 9.26 Å². The van der Waals surface area contributed by atoms with Crippen molar-refractivity contribution in [3.05, 3.63) is 41.5 Å². The molecule has 6 heteroatoms. The predicted octanol–water partition coefficient (Wildman–Crippen LogP) is 2.06. The summed E-state index contributed by atoms with van der Waals surface area (Å²) in [5.41, 5.74) is 2.62. The summed E-state index contributed by atoms with van der Waals surface area (Å²) in [4.78, 5) is 9.05. The molecule has 0 saturated carbocycles.